The fourth-order valence-electron chi connectivity index (χ4n) is 2.60. The van der Waals surface area contributed by atoms with E-state index < -0.39 is 0 Å². The molecule has 3 aromatic rings. The number of benzene rings is 2. The van der Waals surface area contributed by atoms with Crippen molar-refractivity contribution < 1.29 is 0 Å². The van der Waals surface area contributed by atoms with Crippen LogP contribution in [0, 0.1) is 0 Å². The minimum Gasteiger partial charge on any atom is -0.381 e. The fraction of sp³-hybridized carbons (Fsp3) is 0.211. The molecule has 0 unspecified atom stereocenters. The highest BCUT2D eigenvalue weighted by Gasteiger charge is 2.05. The van der Waals surface area contributed by atoms with E-state index in [9.17, 15) is 0 Å². The number of nitrogens with zero attached hydrogens (tertiary/aromatic N) is 1. The van der Waals surface area contributed by atoms with Crippen LogP contribution in [0.1, 0.15) is 30.9 Å². The van der Waals surface area contributed by atoms with Crippen LogP contribution in [0.25, 0.3) is 10.8 Å². The molecule has 2 nitrogen and oxygen atoms in total. The Morgan fingerprint density at radius 2 is 1.86 bits per heavy atom. The molecule has 0 amide bonds. The molecule has 0 atom stereocenters. The first-order valence-corrected chi connectivity index (χ1v) is 7.39. The monoisotopic (exact) mass is 276 g/mol. The molecular weight excluding hydrogens is 256 g/mol. The summed E-state index contributed by atoms with van der Waals surface area (Å²) in [7, 11) is 0. The van der Waals surface area contributed by atoms with Gasteiger partial charge in [-0.25, -0.2) is 0 Å². The first-order valence-electron chi connectivity index (χ1n) is 7.39. The molecule has 0 saturated heterocycles. The van der Waals surface area contributed by atoms with Gasteiger partial charge in [0.1, 0.15) is 0 Å². The summed E-state index contributed by atoms with van der Waals surface area (Å²) >= 11 is 0. The Kier molecular flexibility index (Phi) is 3.87. The van der Waals surface area contributed by atoms with Crippen LogP contribution >= 0.6 is 0 Å². The second-order valence-electron chi connectivity index (χ2n) is 5.65. The van der Waals surface area contributed by atoms with Gasteiger partial charge < -0.3 is 5.32 Å². The average molecular weight is 276 g/mol. The molecule has 0 aliphatic heterocycles. The molecule has 2 heteroatoms. The number of fused-ring (bicyclic) bond motifs is 1. The number of hydrogen-bond acceptors (Lipinski definition) is 2. The van der Waals surface area contributed by atoms with Gasteiger partial charge in [0.25, 0.3) is 0 Å². The maximum Gasteiger partial charge on any atom is 0.0401 e. The number of rotatable bonds is 4. The van der Waals surface area contributed by atoms with E-state index in [1.165, 1.54) is 27.6 Å². The Balaban J connectivity index is 1.80. The molecule has 1 aromatic heterocycles. The summed E-state index contributed by atoms with van der Waals surface area (Å²) in [5, 5.41) is 5.98. The van der Waals surface area contributed by atoms with E-state index in [1.54, 1.807) is 0 Å². The fourth-order valence-corrected chi connectivity index (χ4v) is 2.60. The third kappa shape index (κ3) is 3.05. The van der Waals surface area contributed by atoms with Crippen molar-refractivity contribution in [3.05, 3.63) is 72.1 Å². The Hall–Kier alpha value is -2.35. The molecular formula is C19H20N2. The van der Waals surface area contributed by atoms with E-state index >= 15 is 0 Å². The lowest BCUT2D eigenvalue weighted by atomic mass is 10.0. The van der Waals surface area contributed by atoms with E-state index in [2.05, 4.69) is 72.7 Å². The minimum atomic E-state index is 0.524. The van der Waals surface area contributed by atoms with Crippen molar-refractivity contribution >= 4 is 16.5 Å². The topological polar surface area (TPSA) is 24.9 Å². The SMILES string of the molecule is CC(C)c1ccccc1NCc1ccc2cnccc2c1. The highest BCUT2D eigenvalue weighted by Crippen LogP contribution is 2.24. The summed E-state index contributed by atoms with van der Waals surface area (Å²) in [5.74, 6) is 0.524. The van der Waals surface area contributed by atoms with Crippen molar-refractivity contribution in [2.75, 3.05) is 5.32 Å². The standard InChI is InChI=1S/C19H20N2/c1-14(2)18-5-3-4-6-19(18)21-12-15-7-8-17-13-20-10-9-16(17)11-15/h3-11,13-14,21H,12H2,1-2H3. The van der Waals surface area contributed by atoms with Crippen molar-refractivity contribution in [1.82, 2.24) is 4.98 Å². The quantitative estimate of drug-likeness (QED) is 0.727. The molecule has 0 spiro atoms. The number of hydrogen-bond donors (Lipinski definition) is 1. The largest absolute Gasteiger partial charge is 0.381 e. The second-order valence-corrected chi connectivity index (χ2v) is 5.65. The number of pyridine rings is 1. The molecule has 1 heterocycles. The molecule has 0 bridgehead atoms. The van der Waals surface area contributed by atoms with Crippen LogP contribution in [0.5, 0.6) is 0 Å². The highest BCUT2D eigenvalue weighted by atomic mass is 14.9. The zero-order valence-corrected chi connectivity index (χ0v) is 12.5. The molecule has 0 fully saturated rings. The van der Waals surface area contributed by atoms with Crippen LogP contribution in [0.3, 0.4) is 0 Å². The van der Waals surface area contributed by atoms with Gasteiger partial charge in [0, 0.05) is 30.0 Å². The van der Waals surface area contributed by atoms with Gasteiger partial charge in [0.15, 0.2) is 0 Å². The van der Waals surface area contributed by atoms with Crippen LogP contribution in [0.4, 0.5) is 5.69 Å². The van der Waals surface area contributed by atoms with Gasteiger partial charge in [-0.3, -0.25) is 4.98 Å². The molecule has 0 radical (unpaired) electrons. The minimum absolute atomic E-state index is 0.524. The molecule has 2 aromatic carbocycles. The smallest absolute Gasteiger partial charge is 0.0401 e. The molecule has 1 N–H and O–H groups in total. The van der Waals surface area contributed by atoms with E-state index in [4.69, 9.17) is 0 Å². The third-order valence-electron chi connectivity index (χ3n) is 3.77. The van der Waals surface area contributed by atoms with Crippen LogP contribution in [0.15, 0.2) is 60.9 Å². The summed E-state index contributed by atoms with van der Waals surface area (Å²) in [4.78, 5) is 4.15. The van der Waals surface area contributed by atoms with Crippen molar-refractivity contribution in [3.63, 3.8) is 0 Å². The zero-order valence-electron chi connectivity index (χ0n) is 12.5. The van der Waals surface area contributed by atoms with E-state index in [0.717, 1.165) is 6.54 Å². The van der Waals surface area contributed by atoms with Gasteiger partial charge >= 0.3 is 0 Å². The predicted molar refractivity (Wildman–Crippen MR) is 89.6 cm³/mol. The van der Waals surface area contributed by atoms with Gasteiger partial charge in [-0.05, 0) is 40.6 Å². The molecule has 3 rings (SSSR count). The van der Waals surface area contributed by atoms with Crippen molar-refractivity contribution in [1.29, 1.82) is 0 Å². The Morgan fingerprint density at radius 3 is 2.71 bits per heavy atom. The average Bonchev–Trinajstić information content (AvgIpc) is 2.53. The number of para-hydroxylation sites is 1. The highest BCUT2D eigenvalue weighted by molar-refractivity contribution is 5.82. The molecule has 0 aliphatic carbocycles. The van der Waals surface area contributed by atoms with Gasteiger partial charge in [0.2, 0.25) is 0 Å². The lowest BCUT2D eigenvalue weighted by Crippen LogP contribution is -2.03. The van der Waals surface area contributed by atoms with Gasteiger partial charge in [-0.2, -0.15) is 0 Å². The summed E-state index contributed by atoms with van der Waals surface area (Å²) in [6.07, 6.45) is 3.74. The number of anilines is 1. The third-order valence-corrected chi connectivity index (χ3v) is 3.77. The summed E-state index contributed by atoms with van der Waals surface area (Å²) in [6.45, 7) is 5.29. The molecule has 106 valence electrons. The molecule has 0 saturated carbocycles. The van der Waals surface area contributed by atoms with E-state index in [0.29, 0.717) is 5.92 Å². The van der Waals surface area contributed by atoms with Crippen LogP contribution in [-0.4, -0.2) is 4.98 Å². The molecule has 0 aliphatic rings. The lowest BCUT2D eigenvalue weighted by molar-refractivity contribution is 0.865. The Labute approximate surface area is 125 Å². The zero-order chi connectivity index (χ0) is 14.7. The van der Waals surface area contributed by atoms with E-state index in [-0.39, 0.29) is 0 Å². The molecule has 21 heavy (non-hydrogen) atoms. The van der Waals surface area contributed by atoms with Gasteiger partial charge in [0.05, 0.1) is 0 Å². The van der Waals surface area contributed by atoms with Crippen LogP contribution in [0.2, 0.25) is 0 Å². The van der Waals surface area contributed by atoms with Crippen molar-refractivity contribution in [2.24, 2.45) is 0 Å². The van der Waals surface area contributed by atoms with Crippen LogP contribution < -0.4 is 5.32 Å². The lowest BCUT2D eigenvalue weighted by Gasteiger charge is -2.14. The maximum absolute atomic E-state index is 4.15. The van der Waals surface area contributed by atoms with Gasteiger partial charge in [-0.1, -0.05) is 44.2 Å². The summed E-state index contributed by atoms with van der Waals surface area (Å²) < 4.78 is 0. The number of nitrogens with one attached hydrogen (secondary N) is 1. The second kappa shape index (κ2) is 5.96. The van der Waals surface area contributed by atoms with Crippen molar-refractivity contribution in [3.8, 4) is 0 Å². The Morgan fingerprint density at radius 1 is 1.00 bits per heavy atom. The number of aromatic nitrogens is 1. The van der Waals surface area contributed by atoms with Gasteiger partial charge in [-0.15, -0.1) is 0 Å². The maximum atomic E-state index is 4.15. The summed E-state index contributed by atoms with van der Waals surface area (Å²) in [6, 6.07) is 17.1. The van der Waals surface area contributed by atoms with Crippen molar-refractivity contribution in [2.45, 2.75) is 26.3 Å². The van der Waals surface area contributed by atoms with Crippen LogP contribution in [-0.2, 0) is 6.54 Å². The first kappa shape index (κ1) is 13.6. The predicted octanol–water partition coefficient (Wildman–Crippen LogP) is 4.97. The normalized spacial score (nSPS) is 11.0. The summed E-state index contributed by atoms with van der Waals surface area (Å²) in [5.41, 5.74) is 3.87. The Bertz CT molecular complexity index is 747. The first-order chi connectivity index (χ1) is 10.2. The van der Waals surface area contributed by atoms with E-state index in [1.807, 2.05) is 12.4 Å².